The molecule has 12 heavy (non-hydrogen) atoms. The van der Waals surface area contributed by atoms with Crippen LogP contribution < -0.4 is 0 Å². The van der Waals surface area contributed by atoms with Gasteiger partial charge in [0, 0.05) is 19.0 Å². The number of hydrogen-bond donors (Lipinski definition) is 0. The molecule has 2 saturated heterocycles. The molecule has 66 valence electrons. The Labute approximate surface area is 73.2 Å². The molecular formula is C10H15NO. The van der Waals surface area contributed by atoms with E-state index in [0.29, 0.717) is 11.9 Å². The van der Waals surface area contributed by atoms with Gasteiger partial charge in [-0.05, 0) is 19.3 Å². The van der Waals surface area contributed by atoms with Gasteiger partial charge in [-0.2, -0.15) is 0 Å². The molecule has 0 aromatic carbocycles. The number of nitrogens with zero attached hydrogens (tertiary/aromatic N) is 1. The van der Waals surface area contributed by atoms with E-state index in [0.717, 1.165) is 25.8 Å². The average molecular weight is 165 g/mol. The molecule has 2 aliphatic heterocycles. The van der Waals surface area contributed by atoms with Gasteiger partial charge in [0.2, 0.25) is 5.91 Å². The molecule has 2 nitrogen and oxygen atoms in total. The van der Waals surface area contributed by atoms with E-state index in [1.165, 1.54) is 18.4 Å². The molecule has 2 fully saturated rings. The first-order chi connectivity index (χ1) is 5.77. The maximum Gasteiger partial charge on any atom is 0.223 e. The summed E-state index contributed by atoms with van der Waals surface area (Å²) in [5.41, 5.74) is 1.23. The number of hydrogen-bond acceptors (Lipinski definition) is 1. The van der Waals surface area contributed by atoms with Crippen molar-refractivity contribution in [3.8, 4) is 0 Å². The van der Waals surface area contributed by atoms with Crippen LogP contribution in [0.25, 0.3) is 0 Å². The van der Waals surface area contributed by atoms with Crippen molar-refractivity contribution in [3.63, 3.8) is 0 Å². The molecule has 0 spiro atoms. The van der Waals surface area contributed by atoms with Crippen molar-refractivity contribution in [1.29, 1.82) is 0 Å². The minimum Gasteiger partial charge on any atom is -0.335 e. The lowest BCUT2D eigenvalue weighted by atomic mass is 10.1. The lowest BCUT2D eigenvalue weighted by Gasteiger charge is -2.20. The molecule has 2 heteroatoms. The summed E-state index contributed by atoms with van der Waals surface area (Å²) in [6, 6.07) is 0.493. The van der Waals surface area contributed by atoms with Crippen LogP contribution in [0.5, 0.6) is 0 Å². The van der Waals surface area contributed by atoms with Crippen LogP contribution in [-0.4, -0.2) is 23.4 Å². The Morgan fingerprint density at radius 2 is 2.25 bits per heavy atom. The van der Waals surface area contributed by atoms with Gasteiger partial charge < -0.3 is 4.90 Å². The average Bonchev–Trinajstić information content (AvgIpc) is 2.33. The highest BCUT2D eigenvalue weighted by Crippen LogP contribution is 2.28. The van der Waals surface area contributed by atoms with Gasteiger partial charge >= 0.3 is 0 Å². The van der Waals surface area contributed by atoms with Crippen molar-refractivity contribution in [2.24, 2.45) is 0 Å². The Kier molecular flexibility index (Phi) is 1.91. The summed E-state index contributed by atoms with van der Waals surface area (Å²) >= 11 is 0. The molecule has 0 radical (unpaired) electrons. The van der Waals surface area contributed by atoms with Gasteiger partial charge in [-0.1, -0.05) is 18.6 Å². The van der Waals surface area contributed by atoms with E-state index in [2.05, 4.69) is 6.58 Å². The van der Waals surface area contributed by atoms with E-state index >= 15 is 0 Å². The first-order valence-electron chi connectivity index (χ1n) is 4.73. The quantitative estimate of drug-likeness (QED) is 0.500. The van der Waals surface area contributed by atoms with Crippen molar-refractivity contribution >= 4 is 5.91 Å². The molecule has 0 bridgehead atoms. The number of fused-ring (bicyclic) bond motifs is 1. The topological polar surface area (TPSA) is 20.3 Å². The van der Waals surface area contributed by atoms with E-state index in [-0.39, 0.29) is 0 Å². The lowest BCUT2D eigenvalue weighted by molar-refractivity contribution is -0.131. The van der Waals surface area contributed by atoms with Crippen LogP contribution in [0.3, 0.4) is 0 Å². The molecule has 0 aromatic rings. The van der Waals surface area contributed by atoms with E-state index in [4.69, 9.17) is 0 Å². The molecule has 0 aromatic heterocycles. The highest BCUT2D eigenvalue weighted by molar-refractivity contribution is 5.77. The van der Waals surface area contributed by atoms with Crippen LogP contribution in [0.4, 0.5) is 0 Å². The van der Waals surface area contributed by atoms with E-state index in [1.54, 1.807) is 0 Å². The van der Waals surface area contributed by atoms with Gasteiger partial charge in [0.25, 0.3) is 0 Å². The molecule has 1 atom stereocenters. The van der Waals surface area contributed by atoms with E-state index < -0.39 is 0 Å². The molecule has 2 aliphatic rings. The summed E-state index contributed by atoms with van der Waals surface area (Å²) in [5, 5.41) is 0. The fraction of sp³-hybridized carbons (Fsp3) is 0.700. The standard InChI is InChI=1S/C10H15NO/c1-8-6-9-4-2-3-5-10(12)11(9)7-8/h9H,1-7H2. The van der Waals surface area contributed by atoms with Gasteiger partial charge in [-0.3, -0.25) is 4.79 Å². The molecule has 0 aliphatic carbocycles. The summed E-state index contributed by atoms with van der Waals surface area (Å²) in [6.45, 7) is 4.77. The van der Waals surface area contributed by atoms with Gasteiger partial charge in [0.15, 0.2) is 0 Å². The second-order valence-electron chi connectivity index (χ2n) is 3.88. The second-order valence-corrected chi connectivity index (χ2v) is 3.88. The Morgan fingerprint density at radius 3 is 3.08 bits per heavy atom. The van der Waals surface area contributed by atoms with Crippen LogP contribution in [0.15, 0.2) is 12.2 Å². The minimum atomic E-state index is 0.344. The van der Waals surface area contributed by atoms with Gasteiger partial charge in [0.1, 0.15) is 0 Å². The van der Waals surface area contributed by atoms with Gasteiger partial charge in [-0.25, -0.2) is 0 Å². The maximum absolute atomic E-state index is 11.5. The van der Waals surface area contributed by atoms with Crippen LogP contribution in [0.1, 0.15) is 32.1 Å². The Bertz CT molecular complexity index is 222. The molecule has 2 rings (SSSR count). The third-order valence-electron chi connectivity index (χ3n) is 2.86. The monoisotopic (exact) mass is 165 g/mol. The number of carbonyl (C=O) groups excluding carboxylic acids is 1. The predicted octanol–water partition coefficient (Wildman–Crippen LogP) is 1.72. The summed E-state index contributed by atoms with van der Waals surface area (Å²) in [6.07, 6.45) is 5.28. The second kappa shape index (κ2) is 2.92. The van der Waals surface area contributed by atoms with E-state index in [1.807, 2.05) is 4.90 Å². The van der Waals surface area contributed by atoms with Crippen LogP contribution in [0.2, 0.25) is 0 Å². The third-order valence-corrected chi connectivity index (χ3v) is 2.86. The SMILES string of the molecule is C=C1CC2CCCCC(=O)N2C1. The van der Waals surface area contributed by atoms with Crippen LogP contribution >= 0.6 is 0 Å². The molecule has 2 heterocycles. The largest absolute Gasteiger partial charge is 0.335 e. The van der Waals surface area contributed by atoms with Crippen molar-refractivity contribution in [1.82, 2.24) is 4.90 Å². The normalized spacial score (nSPS) is 30.3. The van der Waals surface area contributed by atoms with Crippen molar-refractivity contribution in [3.05, 3.63) is 12.2 Å². The zero-order chi connectivity index (χ0) is 8.55. The summed E-state index contributed by atoms with van der Waals surface area (Å²) < 4.78 is 0. The zero-order valence-corrected chi connectivity index (χ0v) is 7.38. The highest BCUT2D eigenvalue weighted by Gasteiger charge is 2.31. The predicted molar refractivity (Wildman–Crippen MR) is 47.7 cm³/mol. The molecule has 0 saturated carbocycles. The van der Waals surface area contributed by atoms with Gasteiger partial charge in [-0.15, -0.1) is 0 Å². The summed E-state index contributed by atoms with van der Waals surface area (Å²) in [4.78, 5) is 13.5. The maximum atomic E-state index is 11.5. The molecule has 1 amide bonds. The fourth-order valence-electron chi connectivity index (χ4n) is 2.23. The zero-order valence-electron chi connectivity index (χ0n) is 7.38. The van der Waals surface area contributed by atoms with Crippen LogP contribution in [0, 0.1) is 0 Å². The van der Waals surface area contributed by atoms with Crippen molar-refractivity contribution in [2.45, 2.75) is 38.1 Å². The Balaban J connectivity index is 2.14. The first kappa shape index (κ1) is 7.84. The third kappa shape index (κ3) is 1.26. The Morgan fingerprint density at radius 1 is 1.42 bits per heavy atom. The molecule has 1 unspecified atom stereocenters. The van der Waals surface area contributed by atoms with Gasteiger partial charge in [0.05, 0.1) is 0 Å². The van der Waals surface area contributed by atoms with Crippen LogP contribution in [-0.2, 0) is 4.79 Å². The fourth-order valence-corrected chi connectivity index (χ4v) is 2.23. The molecule has 0 N–H and O–H groups in total. The lowest BCUT2D eigenvalue weighted by Crippen LogP contribution is -2.33. The molecular weight excluding hydrogens is 150 g/mol. The smallest absolute Gasteiger partial charge is 0.223 e. The summed E-state index contributed by atoms with van der Waals surface area (Å²) in [5.74, 6) is 0.344. The minimum absolute atomic E-state index is 0.344. The highest BCUT2D eigenvalue weighted by atomic mass is 16.2. The van der Waals surface area contributed by atoms with Crippen molar-refractivity contribution in [2.75, 3.05) is 6.54 Å². The number of carbonyl (C=O) groups is 1. The summed E-state index contributed by atoms with van der Waals surface area (Å²) in [7, 11) is 0. The Hall–Kier alpha value is -0.790. The first-order valence-corrected chi connectivity index (χ1v) is 4.73. The number of amides is 1. The number of rotatable bonds is 0. The van der Waals surface area contributed by atoms with Crippen molar-refractivity contribution < 1.29 is 4.79 Å². The van der Waals surface area contributed by atoms with E-state index in [9.17, 15) is 4.79 Å².